The lowest BCUT2D eigenvalue weighted by molar-refractivity contribution is 0.0535. The number of cyclic esters (lactones) is 1. The summed E-state index contributed by atoms with van der Waals surface area (Å²) >= 11 is 0. The number of aromatic nitrogens is 1. The molecule has 1 aromatic heterocycles. The third-order valence-corrected chi connectivity index (χ3v) is 2.87. The van der Waals surface area contributed by atoms with Gasteiger partial charge in [0, 0.05) is 23.6 Å². The highest BCUT2D eigenvalue weighted by molar-refractivity contribution is 6.04. The summed E-state index contributed by atoms with van der Waals surface area (Å²) in [6.45, 7) is 0.255. The van der Waals surface area contributed by atoms with Gasteiger partial charge in [-0.1, -0.05) is 0 Å². The fourth-order valence-corrected chi connectivity index (χ4v) is 1.91. The zero-order valence-electron chi connectivity index (χ0n) is 9.92. The van der Waals surface area contributed by atoms with Crippen LogP contribution >= 0.6 is 0 Å². The zero-order chi connectivity index (χ0) is 13.2. The van der Waals surface area contributed by atoms with E-state index in [9.17, 15) is 9.59 Å². The number of pyridine rings is 1. The minimum atomic E-state index is -0.319. The third-order valence-electron chi connectivity index (χ3n) is 2.87. The van der Waals surface area contributed by atoms with Gasteiger partial charge in [0.2, 0.25) is 0 Å². The van der Waals surface area contributed by atoms with Crippen molar-refractivity contribution in [2.24, 2.45) is 0 Å². The van der Waals surface area contributed by atoms with Gasteiger partial charge in [0.25, 0.3) is 5.91 Å². The van der Waals surface area contributed by atoms with E-state index in [1.54, 1.807) is 36.5 Å². The maximum atomic E-state index is 11.9. The maximum Gasteiger partial charge on any atom is 0.338 e. The number of fused-ring (bicyclic) bond motifs is 1. The van der Waals surface area contributed by atoms with Crippen LogP contribution < -0.4 is 5.32 Å². The van der Waals surface area contributed by atoms with E-state index >= 15 is 0 Å². The van der Waals surface area contributed by atoms with Crippen molar-refractivity contribution in [2.45, 2.75) is 6.61 Å². The smallest absolute Gasteiger partial charge is 0.338 e. The SMILES string of the molecule is O=C(Nc1ccc2c(c1)COC2=O)c1cccnc1. The molecule has 1 amide bonds. The number of hydrogen-bond donors (Lipinski definition) is 1. The second kappa shape index (κ2) is 4.53. The summed E-state index contributed by atoms with van der Waals surface area (Å²) in [4.78, 5) is 27.1. The van der Waals surface area contributed by atoms with Gasteiger partial charge in [-0.2, -0.15) is 0 Å². The average molecular weight is 254 g/mol. The summed E-state index contributed by atoms with van der Waals surface area (Å²) < 4.78 is 4.91. The van der Waals surface area contributed by atoms with Crippen molar-refractivity contribution < 1.29 is 14.3 Å². The number of ether oxygens (including phenoxy) is 1. The van der Waals surface area contributed by atoms with Gasteiger partial charge in [0.1, 0.15) is 6.61 Å². The first-order valence-corrected chi connectivity index (χ1v) is 5.75. The molecule has 0 bridgehead atoms. The Bertz CT molecular complexity index is 653. The standard InChI is InChI=1S/C14H10N2O3/c17-13(9-2-1-5-15-7-9)16-11-3-4-12-10(6-11)8-19-14(12)18/h1-7H,8H2,(H,16,17). The molecule has 0 aliphatic carbocycles. The van der Waals surface area contributed by atoms with Crippen LogP contribution in [0.5, 0.6) is 0 Å². The molecule has 2 heterocycles. The van der Waals surface area contributed by atoms with Gasteiger partial charge in [-0.3, -0.25) is 9.78 Å². The lowest BCUT2D eigenvalue weighted by Crippen LogP contribution is -2.12. The van der Waals surface area contributed by atoms with E-state index in [1.165, 1.54) is 6.20 Å². The molecule has 0 atom stereocenters. The largest absolute Gasteiger partial charge is 0.457 e. The molecule has 0 radical (unpaired) electrons. The molecule has 0 spiro atoms. The van der Waals surface area contributed by atoms with Gasteiger partial charge in [-0.15, -0.1) is 0 Å². The first-order valence-electron chi connectivity index (χ1n) is 5.75. The Hall–Kier alpha value is -2.69. The van der Waals surface area contributed by atoms with Gasteiger partial charge in [-0.25, -0.2) is 4.79 Å². The van der Waals surface area contributed by atoms with E-state index in [1.807, 2.05) is 0 Å². The van der Waals surface area contributed by atoms with Crippen LogP contribution in [0.4, 0.5) is 5.69 Å². The highest BCUT2D eigenvalue weighted by atomic mass is 16.5. The van der Waals surface area contributed by atoms with Crippen molar-refractivity contribution in [3.05, 3.63) is 59.4 Å². The second-order valence-electron chi connectivity index (χ2n) is 4.14. The molecule has 1 aliphatic rings. The quantitative estimate of drug-likeness (QED) is 0.832. The molecule has 1 aromatic carbocycles. The van der Waals surface area contributed by atoms with Crippen LogP contribution in [0.25, 0.3) is 0 Å². The molecule has 2 aromatic rings. The van der Waals surface area contributed by atoms with Crippen LogP contribution in [0.15, 0.2) is 42.7 Å². The van der Waals surface area contributed by atoms with Crippen LogP contribution in [-0.4, -0.2) is 16.9 Å². The number of nitrogens with one attached hydrogen (secondary N) is 1. The van der Waals surface area contributed by atoms with E-state index in [0.29, 0.717) is 16.8 Å². The van der Waals surface area contributed by atoms with Crippen molar-refractivity contribution in [2.75, 3.05) is 5.32 Å². The Balaban J connectivity index is 1.81. The first-order chi connectivity index (χ1) is 9.24. The van der Waals surface area contributed by atoms with Crippen molar-refractivity contribution in [1.82, 2.24) is 4.98 Å². The highest BCUT2D eigenvalue weighted by Gasteiger charge is 2.21. The minimum Gasteiger partial charge on any atom is -0.457 e. The zero-order valence-corrected chi connectivity index (χ0v) is 9.92. The Labute approximate surface area is 109 Å². The molecule has 0 saturated heterocycles. The molecular weight excluding hydrogens is 244 g/mol. The Kier molecular flexibility index (Phi) is 2.72. The van der Waals surface area contributed by atoms with E-state index in [2.05, 4.69) is 10.3 Å². The molecule has 1 aliphatic heterocycles. The third kappa shape index (κ3) is 2.18. The number of benzene rings is 1. The summed E-state index contributed by atoms with van der Waals surface area (Å²) in [5, 5.41) is 2.76. The number of hydrogen-bond acceptors (Lipinski definition) is 4. The molecule has 0 unspecified atom stereocenters. The second-order valence-corrected chi connectivity index (χ2v) is 4.14. The van der Waals surface area contributed by atoms with Crippen LogP contribution in [0.1, 0.15) is 26.3 Å². The van der Waals surface area contributed by atoms with Gasteiger partial charge >= 0.3 is 5.97 Å². The Morgan fingerprint density at radius 2 is 2.21 bits per heavy atom. The lowest BCUT2D eigenvalue weighted by Gasteiger charge is -2.05. The normalized spacial score (nSPS) is 12.7. The number of rotatable bonds is 2. The molecule has 5 heteroatoms. The fourth-order valence-electron chi connectivity index (χ4n) is 1.91. The maximum absolute atomic E-state index is 11.9. The summed E-state index contributed by atoms with van der Waals surface area (Å²) in [5.41, 5.74) is 2.45. The average Bonchev–Trinajstić information content (AvgIpc) is 2.81. The number of carbonyl (C=O) groups excluding carboxylic acids is 2. The number of carbonyl (C=O) groups is 2. The summed E-state index contributed by atoms with van der Waals surface area (Å²) in [5.74, 6) is -0.557. The summed E-state index contributed by atoms with van der Waals surface area (Å²) in [6.07, 6.45) is 3.10. The summed E-state index contributed by atoms with van der Waals surface area (Å²) in [7, 11) is 0. The molecular formula is C14H10N2O3. The van der Waals surface area contributed by atoms with E-state index in [-0.39, 0.29) is 18.5 Å². The van der Waals surface area contributed by atoms with Gasteiger partial charge in [0.05, 0.1) is 11.1 Å². The molecule has 94 valence electrons. The predicted octanol–water partition coefficient (Wildman–Crippen LogP) is 2.00. The van der Waals surface area contributed by atoms with Crippen molar-refractivity contribution in [1.29, 1.82) is 0 Å². The van der Waals surface area contributed by atoms with Crippen LogP contribution in [0.3, 0.4) is 0 Å². The number of esters is 1. The molecule has 19 heavy (non-hydrogen) atoms. The highest BCUT2D eigenvalue weighted by Crippen LogP contribution is 2.23. The van der Waals surface area contributed by atoms with Gasteiger partial charge in [-0.05, 0) is 30.3 Å². The van der Waals surface area contributed by atoms with Gasteiger partial charge in [0.15, 0.2) is 0 Å². The molecule has 0 fully saturated rings. The van der Waals surface area contributed by atoms with Crippen molar-refractivity contribution >= 4 is 17.6 Å². The lowest BCUT2D eigenvalue weighted by atomic mass is 10.1. The van der Waals surface area contributed by atoms with Crippen molar-refractivity contribution in [3.63, 3.8) is 0 Å². The van der Waals surface area contributed by atoms with Crippen LogP contribution in [0.2, 0.25) is 0 Å². The minimum absolute atomic E-state index is 0.238. The predicted molar refractivity (Wildman–Crippen MR) is 67.8 cm³/mol. The van der Waals surface area contributed by atoms with Crippen molar-refractivity contribution in [3.8, 4) is 0 Å². The number of anilines is 1. The monoisotopic (exact) mass is 254 g/mol. The van der Waals surface area contributed by atoms with E-state index in [0.717, 1.165) is 5.56 Å². The van der Waals surface area contributed by atoms with Crippen LogP contribution in [-0.2, 0) is 11.3 Å². The van der Waals surface area contributed by atoms with E-state index in [4.69, 9.17) is 4.74 Å². The molecule has 5 nitrogen and oxygen atoms in total. The number of amides is 1. The van der Waals surface area contributed by atoms with Crippen LogP contribution in [0, 0.1) is 0 Å². The Morgan fingerprint density at radius 1 is 1.32 bits per heavy atom. The fraction of sp³-hybridized carbons (Fsp3) is 0.0714. The summed E-state index contributed by atoms with van der Waals surface area (Å²) in [6, 6.07) is 8.46. The molecule has 1 N–H and O–H groups in total. The van der Waals surface area contributed by atoms with Gasteiger partial charge < -0.3 is 10.1 Å². The molecule has 0 saturated carbocycles. The topological polar surface area (TPSA) is 68.3 Å². The van der Waals surface area contributed by atoms with E-state index < -0.39 is 0 Å². The number of nitrogens with zero attached hydrogens (tertiary/aromatic N) is 1. The molecule has 3 rings (SSSR count). The first kappa shape index (κ1) is 11.4. The Morgan fingerprint density at radius 3 is 3.00 bits per heavy atom.